The van der Waals surface area contributed by atoms with E-state index in [0.717, 1.165) is 34.6 Å². The second-order valence-electron chi connectivity index (χ2n) is 8.75. The Morgan fingerprint density at radius 2 is 1.89 bits per heavy atom. The Balaban J connectivity index is 1.66. The molecular weight excluding hydrogens is 334 g/mol. The average molecular weight is 364 g/mol. The Morgan fingerprint density at radius 1 is 1.19 bits per heavy atom. The number of aryl methyl sites for hydroxylation is 1. The van der Waals surface area contributed by atoms with Gasteiger partial charge in [-0.05, 0) is 48.4 Å². The number of carbonyl (C=O) groups excluding carboxylic acids is 1. The van der Waals surface area contributed by atoms with Crippen molar-refractivity contribution in [1.82, 2.24) is 9.38 Å². The van der Waals surface area contributed by atoms with Crippen molar-refractivity contribution < 1.29 is 4.79 Å². The summed E-state index contributed by atoms with van der Waals surface area (Å²) < 4.78 is 2.04. The van der Waals surface area contributed by atoms with Gasteiger partial charge in [-0.2, -0.15) is 0 Å². The number of hydrogen-bond acceptors (Lipinski definition) is 2. The first-order valence-corrected chi connectivity index (χ1v) is 9.56. The van der Waals surface area contributed by atoms with Gasteiger partial charge in [-0.1, -0.05) is 45.9 Å². The van der Waals surface area contributed by atoms with Crippen LogP contribution in [0.4, 0.5) is 5.69 Å². The van der Waals surface area contributed by atoms with Crippen molar-refractivity contribution in [3.8, 4) is 11.3 Å². The van der Waals surface area contributed by atoms with Crippen molar-refractivity contribution in [3.63, 3.8) is 0 Å². The summed E-state index contributed by atoms with van der Waals surface area (Å²) in [5, 5.41) is 3.01. The summed E-state index contributed by atoms with van der Waals surface area (Å²) in [6.45, 7) is 10.8. The summed E-state index contributed by atoms with van der Waals surface area (Å²) in [4.78, 5) is 17.0. The molecule has 0 aliphatic rings. The zero-order valence-electron chi connectivity index (χ0n) is 16.9. The summed E-state index contributed by atoms with van der Waals surface area (Å²) in [6.07, 6.45) is 5.62. The van der Waals surface area contributed by atoms with Crippen molar-refractivity contribution in [2.45, 2.75) is 47.5 Å². The van der Waals surface area contributed by atoms with Crippen LogP contribution < -0.4 is 5.32 Å². The normalized spacial score (nSPS) is 12.9. The molecule has 3 rings (SSSR count). The number of anilines is 1. The summed E-state index contributed by atoms with van der Waals surface area (Å²) in [6, 6.07) is 12.0. The molecule has 1 amide bonds. The molecule has 0 fully saturated rings. The van der Waals surface area contributed by atoms with Gasteiger partial charge in [0.15, 0.2) is 0 Å². The molecule has 1 aromatic carbocycles. The highest BCUT2D eigenvalue weighted by atomic mass is 16.1. The van der Waals surface area contributed by atoms with Gasteiger partial charge in [0.1, 0.15) is 5.65 Å². The van der Waals surface area contributed by atoms with Gasteiger partial charge < -0.3 is 9.72 Å². The predicted molar refractivity (Wildman–Crippen MR) is 112 cm³/mol. The molecule has 1 atom stereocenters. The number of aromatic nitrogens is 2. The van der Waals surface area contributed by atoms with Crippen molar-refractivity contribution >= 4 is 17.2 Å². The number of nitrogens with one attached hydrogen (secondary N) is 1. The summed E-state index contributed by atoms with van der Waals surface area (Å²) in [5.41, 5.74) is 5.16. The molecule has 0 saturated carbocycles. The number of nitrogens with zero attached hydrogens (tertiary/aromatic N) is 2. The minimum absolute atomic E-state index is 0.0721. The van der Waals surface area contributed by atoms with Gasteiger partial charge in [-0.25, -0.2) is 4.98 Å². The van der Waals surface area contributed by atoms with Gasteiger partial charge in [-0.3, -0.25) is 4.79 Å². The molecule has 0 saturated heterocycles. The van der Waals surface area contributed by atoms with Crippen molar-refractivity contribution in [3.05, 3.63) is 54.4 Å². The van der Waals surface area contributed by atoms with Crippen LogP contribution in [0, 0.1) is 18.3 Å². The quantitative estimate of drug-likeness (QED) is 0.631. The molecule has 142 valence electrons. The molecule has 1 N–H and O–H groups in total. The molecule has 0 spiro atoms. The van der Waals surface area contributed by atoms with Crippen LogP contribution >= 0.6 is 0 Å². The molecule has 0 aliphatic carbocycles. The van der Waals surface area contributed by atoms with E-state index in [2.05, 4.69) is 46.0 Å². The minimum atomic E-state index is 0.0721. The van der Waals surface area contributed by atoms with E-state index in [-0.39, 0.29) is 11.3 Å². The molecule has 0 bridgehead atoms. The van der Waals surface area contributed by atoms with E-state index < -0.39 is 0 Å². The van der Waals surface area contributed by atoms with Crippen LogP contribution in [-0.2, 0) is 4.79 Å². The maximum absolute atomic E-state index is 12.3. The maximum atomic E-state index is 12.3. The zero-order valence-corrected chi connectivity index (χ0v) is 16.9. The topological polar surface area (TPSA) is 46.4 Å². The largest absolute Gasteiger partial charge is 0.326 e. The third kappa shape index (κ3) is 4.97. The van der Waals surface area contributed by atoms with E-state index in [1.165, 1.54) is 0 Å². The molecule has 2 aromatic heterocycles. The molecule has 4 heteroatoms. The summed E-state index contributed by atoms with van der Waals surface area (Å²) in [5.74, 6) is 0.438. The Hall–Kier alpha value is -2.62. The van der Waals surface area contributed by atoms with E-state index in [4.69, 9.17) is 4.98 Å². The summed E-state index contributed by atoms with van der Waals surface area (Å²) >= 11 is 0. The van der Waals surface area contributed by atoms with Crippen LogP contribution in [0.3, 0.4) is 0 Å². The lowest BCUT2D eigenvalue weighted by molar-refractivity contribution is -0.117. The highest BCUT2D eigenvalue weighted by molar-refractivity contribution is 5.91. The molecule has 4 nitrogen and oxygen atoms in total. The van der Waals surface area contributed by atoms with Crippen LogP contribution in [0.1, 0.15) is 46.1 Å². The highest BCUT2D eigenvalue weighted by Gasteiger charge is 2.17. The van der Waals surface area contributed by atoms with Crippen LogP contribution in [-0.4, -0.2) is 15.3 Å². The molecular formula is C23H29N3O. The van der Waals surface area contributed by atoms with Gasteiger partial charge in [-0.15, -0.1) is 0 Å². The highest BCUT2D eigenvalue weighted by Crippen LogP contribution is 2.26. The first kappa shape index (κ1) is 19.2. The second-order valence-corrected chi connectivity index (χ2v) is 8.75. The Labute approximate surface area is 161 Å². The first-order chi connectivity index (χ1) is 12.7. The van der Waals surface area contributed by atoms with Crippen LogP contribution in [0.5, 0.6) is 0 Å². The number of benzene rings is 1. The minimum Gasteiger partial charge on any atom is -0.326 e. The van der Waals surface area contributed by atoms with Crippen LogP contribution in [0.2, 0.25) is 0 Å². The van der Waals surface area contributed by atoms with Gasteiger partial charge in [0.05, 0.1) is 5.69 Å². The van der Waals surface area contributed by atoms with Crippen molar-refractivity contribution in [1.29, 1.82) is 0 Å². The van der Waals surface area contributed by atoms with E-state index in [0.29, 0.717) is 12.3 Å². The molecule has 0 aliphatic heterocycles. The molecule has 2 heterocycles. The standard InChI is InChI=1S/C23H29N3O/c1-16(14-23(3,4)5)13-21(27)24-19-10-8-18(9-11-19)20-15-26-12-6-7-17(2)22(26)25-20/h6-12,15-16H,13-14H2,1-5H3,(H,24,27). The fourth-order valence-corrected chi connectivity index (χ4v) is 3.66. The average Bonchev–Trinajstić information content (AvgIpc) is 2.99. The maximum Gasteiger partial charge on any atom is 0.224 e. The predicted octanol–water partition coefficient (Wildman–Crippen LogP) is 5.71. The van der Waals surface area contributed by atoms with E-state index in [9.17, 15) is 4.79 Å². The van der Waals surface area contributed by atoms with Gasteiger partial charge in [0, 0.05) is 30.1 Å². The molecule has 27 heavy (non-hydrogen) atoms. The van der Waals surface area contributed by atoms with E-state index in [1.54, 1.807) is 0 Å². The third-order valence-corrected chi connectivity index (χ3v) is 4.64. The Bertz CT molecular complexity index is 932. The molecule has 3 aromatic rings. The van der Waals surface area contributed by atoms with Gasteiger partial charge >= 0.3 is 0 Å². The lowest BCUT2D eigenvalue weighted by Gasteiger charge is -2.22. The van der Waals surface area contributed by atoms with Gasteiger partial charge in [0.25, 0.3) is 0 Å². The number of rotatable bonds is 5. The molecule has 0 radical (unpaired) electrons. The van der Waals surface area contributed by atoms with E-state index in [1.807, 2.05) is 47.1 Å². The molecule has 1 unspecified atom stereocenters. The fraction of sp³-hybridized carbons (Fsp3) is 0.391. The number of hydrogen-bond donors (Lipinski definition) is 1. The second kappa shape index (κ2) is 7.55. The van der Waals surface area contributed by atoms with Crippen molar-refractivity contribution in [2.75, 3.05) is 5.32 Å². The monoisotopic (exact) mass is 363 g/mol. The third-order valence-electron chi connectivity index (χ3n) is 4.64. The van der Waals surface area contributed by atoms with Crippen LogP contribution in [0.25, 0.3) is 16.9 Å². The van der Waals surface area contributed by atoms with Crippen molar-refractivity contribution in [2.24, 2.45) is 11.3 Å². The number of imidazole rings is 1. The fourth-order valence-electron chi connectivity index (χ4n) is 3.66. The first-order valence-electron chi connectivity index (χ1n) is 9.56. The number of pyridine rings is 1. The van der Waals surface area contributed by atoms with Gasteiger partial charge in [0.2, 0.25) is 5.91 Å². The number of carbonyl (C=O) groups is 1. The number of amides is 1. The van der Waals surface area contributed by atoms with Crippen LogP contribution in [0.15, 0.2) is 48.8 Å². The number of fused-ring (bicyclic) bond motifs is 1. The Kier molecular flexibility index (Phi) is 5.36. The summed E-state index contributed by atoms with van der Waals surface area (Å²) in [7, 11) is 0. The lowest BCUT2D eigenvalue weighted by Crippen LogP contribution is -2.18. The Morgan fingerprint density at radius 3 is 2.52 bits per heavy atom. The zero-order chi connectivity index (χ0) is 19.6. The van der Waals surface area contributed by atoms with E-state index >= 15 is 0 Å². The lowest BCUT2D eigenvalue weighted by atomic mass is 9.84. The SMILES string of the molecule is Cc1cccn2cc(-c3ccc(NC(=O)CC(C)CC(C)(C)C)cc3)nc12. The smallest absolute Gasteiger partial charge is 0.224 e.